The van der Waals surface area contributed by atoms with Crippen molar-refractivity contribution < 1.29 is 13.1 Å². The third-order valence-electron chi connectivity index (χ3n) is 3.12. The number of aromatic nitrogens is 2. The van der Waals surface area contributed by atoms with E-state index >= 15 is 0 Å². The van der Waals surface area contributed by atoms with Crippen LogP contribution < -0.4 is 0 Å². The highest BCUT2D eigenvalue weighted by Gasteiger charge is 2.18. The number of rotatable bonds is 5. The molecule has 2 rings (SSSR count). The van der Waals surface area contributed by atoms with Crippen molar-refractivity contribution in [2.24, 2.45) is 0 Å². The van der Waals surface area contributed by atoms with Gasteiger partial charge in [0.05, 0.1) is 23.6 Å². The number of nitrogens with one attached hydrogen (secondary N) is 1. The molecule has 0 fully saturated rings. The monoisotopic (exact) mass is 318 g/mol. The second-order valence-electron chi connectivity index (χ2n) is 4.31. The van der Waals surface area contributed by atoms with Crippen LogP contribution in [0.2, 0.25) is 0 Å². The highest BCUT2D eigenvalue weighted by Crippen LogP contribution is 2.26. The molecule has 20 heavy (non-hydrogen) atoms. The molecule has 108 valence electrons. The van der Waals surface area contributed by atoms with E-state index in [1.807, 2.05) is 6.92 Å². The molecule has 3 nitrogen and oxygen atoms in total. The lowest BCUT2D eigenvalue weighted by atomic mass is 10.0. The Balaban J connectivity index is 2.49. The molecule has 7 heteroatoms. The van der Waals surface area contributed by atoms with Crippen LogP contribution in [0.5, 0.6) is 0 Å². The number of imidazole rings is 1. The highest BCUT2D eigenvalue weighted by molar-refractivity contribution is 7.71. The Bertz CT molecular complexity index is 656. The standard InChI is InChI=1S/C13H13ClF2N2OS/c1-2-12(8-3-4-10(15)11(16)5-8)18-9(7-19-14)6-17-13(18)20/h3-6,12H,2,7H2,1H3,(H,17,20). The van der Waals surface area contributed by atoms with Gasteiger partial charge < -0.3 is 9.55 Å². The van der Waals surface area contributed by atoms with Crippen molar-refractivity contribution in [3.05, 3.63) is 52.1 Å². The van der Waals surface area contributed by atoms with E-state index in [1.54, 1.807) is 16.8 Å². The van der Waals surface area contributed by atoms with Gasteiger partial charge in [0.1, 0.15) is 6.61 Å². The van der Waals surface area contributed by atoms with Crippen molar-refractivity contribution in [2.45, 2.75) is 26.0 Å². The summed E-state index contributed by atoms with van der Waals surface area (Å²) in [6, 6.07) is 3.63. The molecular formula is C13H13ClF2N2OS. The van der Waals surface area contributed by atoms with Crippen molar-refractivity contribution in [3.63, 3.8) is 0 Å². The maximum absolute atomic E-state index is 13.4. The zero-order valence-electron chi connectivity index (χ0n) is 10.7. The van der Waals surface area contributed by atoms with Crippen LogP contribution in [0.1, 0.15) is 30.6 Å². The summed E-state index contributed by atoms with van der Waals surface area (Å²) in [5.74, 6) is -1.75. The van der Waals surface area contributed by atoms with Crippen molar-refractivity contribution in [1.82, 2.24) is 9.55 Å². The summed E-state index contributed by atoms with van der Waals surface area (Å²) in [6.45, 7) is 2.10. The number of halogens is 3. The quantitative estimate of drug-likeness (QED) is 0.823. The number of H-pyrrole nitrogens is 1. The molecule has 0 amide bonds. The minimum Gasteiger partial charge on any atom is -0.337 e. The van der Waals surface area contributed by atoms with Gasteiger partial charge in [0.25, 0.3) is 0 Å². The Labute approximate surface area is 125 Å². The summed E-state index contributed by atoms with van der Waals surface area (Å²) >= 11 is 10.5. The normalized spacial score (nSPS) is 12.6. The average molecular weight is 319 g/mol. The van der Waals surface area contributed by atoms with Crippen LogP contribution in [0, 0.1) is 16.4 Å². The van der Waals surface area contributed by atoms with Crippen molar-refractivity contribution in [3.8, 4) is 0 Å². The molecule has 0 radical (unpaired) electrons. The molecule has 1 aromatic heterocycles. The summed E-state index contributed by atoms with van der Waals surface area (Å²) < 4.78 is 33.3. The van der Waals surface area contributed by atoms with E-state index < -0.39 is 11.6 Å². The van der Waals surface area contributed by atoms with Crippen molar-refractivity contribution >= 4 is 24.1 Å². The molecule has 1 unspecified atom stereocenters. The Morgan fingerprint density at radius 1 is 1.40 bits per heavy atom. The molecule has 1 heterocycles. The topological polar surface area (TPSA) is 29.9 Å². The number of hydrogen-bond donors (Lipinski definition) is 1. The zero-order chi connectivity index (χ0) is 14.7. The molecule has 0 saturated carbocycles. The Kier molecular flexibility index (Phi) is 4.91. The molecule has 1 aromatic carbocycles. The van der Waals surface area contributed by atoms with E-state index in [2.05, 4.69) is 9.27 Å². The summed E-state index contributed by atoms with van der Waals surface area (Å²) in [5, 5.41) is 0. The lowest BCUT2D eigenvalue weighted by molar-refractivity contribution is 0.322. The first kappa shape index (κ1) is 15.2. The van der Waals surface area contributed by atoms with Gasteiger partial charge in [0.2, 0.25) is 0 Å². The van der Waals surface area contributed by atoms with E-state index in [-0.39, 0.29) is 12.6 Å². The first-order valence-corrected chi connectivity index (χ1v) is 6.77. The predicted molar refractivity (Wildman–Crippen MR) is 75.0 cm³/mol. The smallest absolute Gasteiger partial charge is 0.178 e. The van der Waals surface area contributed by atoms with Gasteiger partial charge in [0.15, 0.2) is 16.4 Å². The minimum atomic E-state index is -0.877. The summed E-state index contributed by atoms with van der Waals surface area (Å²) in [6.07, 6.45) is 2.35. The Morgan fingerprint density at radius 2 is 2.15 bits per heavy atom. The fourth-order valence-electron chi connectivity index (χ4n) is 2.21. The lowest BCUT2D eigenvalue weighted by Gasteiger charge is -2.20. The van der Waals surface area contributed by atoms with Gasteiger partial charge in [-0.2, -0.15) is 0 Å². The molecule has 2 aromatic rings. The van der Waals surface area contributed by atoms with E-state index in [9.17, 15) is 8.78 Å². The number of benzene rings is 1. The fourth-order valence-corrected chi connectivity index (χ4v) is 2.63. The van der Waals surface area contributed by atoms with Crippen LogP contribution >= 0.6 is 24.1 Å². The van der Waals surface area contributed by atoms with Gasteiger partial charge in [-0.15, -0.1) is 0 Å². The average Bonchev–Trinajstić information content (AvgIpc) is 2.77. The van der Waals surface area contributed by atoms with Gasteiger partial charge in [-0.05, 0) is 36.3 Å². The van der Waals surface area contributed by atoms with Crippen LogP contribution in [0.4, 0.5) is 8.78 Å². The molecule has 0 saturated heterocycles. The minimum absolute atomic E-state index is 0.162. The summed E-state index contributed by atoms with van der Waals surface area (Å²) in [7, 11) is 0. The molecule has 1 atom stereocenters. The van der Waals surface area contributed by atoms with Gasteiger partial charge in [-0.25, -0.2) is 8.78 Å². The van der Waals surface area contributed by atoms with Crippen LogP contribution in [0.25, 0.3) is 0 Å². The summed E-state index contributed by atoms with van der Waals surface area (Å²) in [4.78, 5) is 2.90. The maximum Gasteiger partial charge on any atom is 0.178 e. The SMILES string of the molecule is CCC(c1ccc(F)c(F)c1)n1c(COCl)c[nH]c1=S. The van der Waals surface area contributed by atoms with E-state index in [0.717, 1.165) is 11.8 Å². The van der Waals surface area contributed by atoms with Gasteiger partial charge in [-0.1, -0.05) is 13.0 Å². The van der Waals surface area contributed by atoms with E-state index in [0.29, 0.717) is 16.8 Å². The van der Waals surface area contributed by atoms with Crippen LogP contribution in [-0.4, -0.2) is 9.55 Å². The highest BCUT2D eigenvalue weighted by atomic mass is 35.5. The van der Waals surface area contributed by atoms with Crippen LogP contribution in [0.3, 0.4) is 0 Å². The van der Waals surface area contributed by atoms with Crippen molar-refractivity contribution in [2.75, 3.05) is 0 Å². The predicted octanol–water partition coefficient (Wildman–Crippen LogP) is 4.49. The van der Waals surface area contributed by atoms with Gasteiger partial charge in [-0.3, -0.25) is 4.29 Å². The second-order valence-corrected chi connectivity index (χ2v) is 4.91. The first-order valence-electron chi connectivity index (χ1n) is 6.05. The number of nitrogens with zero attached hydrogens (tertiary/aromatic N) is 1. The molecule has 0 spiro atoms. The lowest BCUT2D eigenvalue weighted by Crippen LogP contribution is -2.13. The molecule has 0 aliphatic carbocycles. The molecule has 0 bridgehead atoms. The van der Waals surface area contributed by atoms with Crippen molar-refractivity contribution in [1.29, 1.82) is 0 Å². The summed E-state index contributed by atoms with van der Waals surface area (Å²) in [5.41, 5.74) is 1.37. The van der Waals surface area contributed by atoms with Crippen LogP contribution in [0.15, 0.2) is 24.4 Å². The first-order chi connectivity index (χ1) is 9.58. The maximum atomic E-state index is 13.4. The van der Waals surface area contributed by atoms with Gasteiger partial charge >= 0.3 is 0 Å². The van der Waals surface area contributed by atoms with E-state index in [4.69, 9.17) is 24.1 Å². The molecular weight excluding hydrogens is 306 g/mol. The molecule has 1 N–H and O–H groups in total. The number of aromatic amines is 1. The largest absolute Gasteiger partial charge is 0.337 e. The molecule has 0 aliphatic heterocycles. The second kappa shape index (κ2) is 6.47. The van der Waals surface area contributed by atoms with E-state index in [1.165, 1.54) is 6.07 Å². The van der Waals surface area contributed by atoms with Gasteiger partial charge in [0, 0.05) is 6.20 Å². The number of hydrogen-bond acceptors (Lipinski definition) is 2. The third-order valence-corrected chi connectivity index (χ3v) is 3.54. The third kappa shape index (κ3) is 2.92. The Hall–Kier alpha value is -1.24. The molecule has 0 aliphatic rings. The van der Waals surface area contributed by atoms with Crippen LogP contribution in [-0.2, 0) is 10.9 Å². The Morgan fingerprint density at radius 3 is 2.75 bits per heavy atom. The fraction of sp³-hybridized carbons (Fsp3) is 0.308. The zero-order valence-corrected chi connectivity index (χ0v) is 12.3.